The van der Waals surface area contributed by atoms with Crippen molar-refractivity contribution in [1.82, 2.24) is 15.5 Å². The van der Waals surface area contributed by atoms with Crippen LogP contribution in [0.1, 0.15) is 33.6 Å². The molecule has 6 heteroatoms. The zero-order valence-electron chi connectivity index (χ0n) is 11.5. The number of aliphatic hydroxyl groups is 1. The molecular weight excluding hydrogens is 234 g/mol. The molecule has 0 saturated carbocycles. The molecule has 18 heavy (non-hydrogen) atoms. The predicted octanol–water partition coefficient (Wildman–Crippen LogP) is 0.315. The lowest BCUT2D eigenvalue weighted by Crippen LogP contribution is -2.46. The summed E-state index contributed by atoms with van der Waals surface area (Å²) in [7, 11) is 0. The van der Waals surface area contributed by atoms with Gasteiger partial charge in [0, 0.05) is 12.6 Å². The highest BCUT2D eigenvalue weighted by Gasteiger charge is 2.12. The summed E-state index contributed by atoms with van der Waals surface area (Å²) < 4.78 is 0. The van der Waals surface area contributed by atoms with Crippen molar-refractivity contribution in [3.05, 3.63) is 0 Å². The summed E-state index contributed by atoms with van der Waals surface area (Å²) in [5, 5.41) is 13.7. The van der Waals surface area contributed by atoms with Crippen LogP contribution in [-0.2, 0) is 4.79 Å². The maximum absolute atomic E-state index is 11.6. The van der Waals surface area contributed by atoms with E-state index >= 15 is 0 Å². The largest absolute Gasteiger partial charge is 0.395 e. The summed E-state index contributed by atoms with van der Waals surface area (Å²) in [6, 6.07) is -0.485. The Morgan fingerprint density at radius 2 is 1.94 bits per heavy atom. The fourth-order valence-corrected chi connectivity index (χ4v) is 1.46. The molecule has 6 nitrogen and oxygen atoms in total. The zero-order valence-corrected chi connectivity index (χ0v) is 11.5. The first-order chi connectivity index (χ1) is 8.49. The number of nitrogens with one attached hydrogen (secondary N) is 2. The van der Waals surface area contributed by atoms with E-state index < -0.39 is 6.03 Å². The standard InChI is InChI=1S/C12H25N3O3/c1-4-5-6-15(7-8-16)9-11(17)14-12(18)13-10(2)3/h10,16H,4-9H2,1-3H3,(H2,13,14,17,18). The van der Waals surface area contributed by atoms with E-state index in [9.17, 15) is 9.59 Å². The van der Waals surface area contributed by atoms with Gasteiger partial charge >= 0.3 is 6.03 Å². The topological polar surface area (TPSA) is 81.7 Å². The summed E-state index contributed by atoms with van der Waals surface area (Å²) in [5.74, 6) is -0.349. The number of hydrogen-bond donors (Lipinski definition) is 3. The van der Waals surface area contributed by atoms with Gasteiger partial charge in [-0.25, -0.2) is 4.79 Å². The van der Waals surface area contributed by atoms with Gasteiger partial charge in [0.25, 0.3) is 0 Å². The quantitative estimate of drug-likeness (QED) is 0.586. The Kier molecular flexibility index (Phi) is 9.22. The molecule has 3 N–H and O–H groups in total. The molecule has 0 spiro atoms. The van der Waals surface area contributed by atoms with Crippen molar-refractivity contribution < 1.29 is 14.7 Å². The third-order valence-corrected chi connectivity index (χ3v) is 2.28. The van der Waals surface area contributed by atoms with Crippen molar-refractivity contribution in [2.24, 2.45) is 0 Å². The number of carbonyl (C=O) groups excluding carboxylic acids is 2. The minimum Gasteiger partial charge on any atom is -0.395 e. The molecule has 0 aliphatic rings. The van der Waals surface area contributed by atoms with E-state index in [2.05, 4.69) is 17.6 Å². The molecule has 3 amide bonds. The maximum Gasteiger partial charge on any atom is 0.321 e. The Morgan fingerprint density at radius 3 is 2.44 bits per heavy atom. The Balaban J connectivity index is 4.03. The second kappa shape index (κ2) is 9.85. The van der Waals surface area contributed by atoms with E-state index in [-0.39, 0.29) is 25.1 Å². The van der Waals surface area contributed by atoms with E-state index in [1.54, 1.807) is 0 Å². The summed E-state index contributed by atoms with van der Waals surface area (Å²) in [6.45, 7) is 7.04. The molecule has 106 valence electrons. The van der Waals surface area contributed by atoms with Gasteiger partial charge in [-0.1, -0.05) is 13.3 Å². The second-order valence-electron chi connectivity index (χ2n) is 4.53. The summed E-state index contributed by atoms with van der Waals surface area (Å²) in [6.07, 6.45) is 1.99. The number of carbonyl (C=O) groups is 2. The number of amides is 3. The number of urea groups is 1. The van der Waals surface area contributed by atoms with E-state index in [0.717, 1.165) is 19.4 Å². The molecule has 0 rings (SSSR count). The molecule has 0 heterocycles. The molecule has 0 radical (unpaired) electrons. The average molecular weight is 259 g/mol. The third-order valence-electron chi connectivity index (χ3n) is 2.28. The van der Waals surface area contributed by atoms with Gasteiger partial charge in [0.1, 0.15) is 0 Å². The van der Waals surface area contributed by atoms with Crippen molar-refractivity contribution in [3.63, 3.8) is 0 Å². The smallest absolute Gasteiger partial charge is 0.321 e. The Bertz CT molecular complexity index is 257. The van der Waals surface area contributed by atoms with Crippen LogP contribution in [0.5, 0.6) is 0 Å². The highest BCUT2D eigenvalue weighted by molar-refractivity contribution is 5.95. The van der Waals surface area contributed by atoms with Gasteiger partial charge in [-0.05, 0) is 26.8 Å². The first-order valence-electron chi connectivity index (χ1n) is 6.43. The van der Waals surface area contributed by atoms with Crippen molar-refractivity contribution in [2.45, 2.75) is 39.7 Å². The maximum atomic E-state index is 11.6. The number of nitrogens with zero attached hydrogens (tertiary/aromatic N) is 1. The zero-order chi connectivity index (χ0) is 14.0. The van der Waals surface area contributed by atoms with E-state index in [4.69, 9.17) is 5.11 Å². The fourth-order valence-electron chi connectivity index (χ4n) is 1.46. The number of hydrogen-bond acceptors (Lipinski definition) is 4. The lowest BCUT2D eigenvalue weighted by atomic mass is 10.3. The highest BCUT2D eigenvalue weighted by atomic mass is 16.3. The van der Waals surface area contributed by atoms with Crippen LogP contribution in [-0.4, -0.2) is 54.2 Å². The molecule has 0 fully saturated rings. The first kappa shape index (κ1) is 16.9. The number of imide groups is 1. The van der Waals surface area contributed by atoms with E-state index in [0.29, 0.717) is 6.54 Å². The van der Waals surface area contributed by atoms with Gasteiger partial charge in [-0.2, -0.15) is 0 Å². The second-order valence-corrected chi connectivity index (χ2v) is 4.53. The monoisotopic (exact) mass is 259 g/mol. The molecule has 0 saturated heterocycles. The third kappa shape index (κ3) is 8.95. The predicted molar refractivity (Wildman–Crippen MR) is 70.2 cm³/mol. The molecule has 0 aromatic rings. The van der Waals surface area contributed by atoms with Crippen LogP contribution >= 0.6 is 0 Å². The van der Waals surface area contributed by atoms with Crippen LogP contribution in [0.3, 0.4) is 0 Å². The van der Waals surface area contributed by atoms with Gasteiger partial charge in [-0.3, -0.25) is 15.0 Å². The van der Waals surface area contributed by atoms with Gasteiger partial charge in [0.05, 0.1) is 13.2 Å². The Morgan fingerprint density at radius 1 is 1.28 bits per heavy atom. The molecule has 0 aliphatic heterocycles. The van der Waals surface area contributed by atoms with Crippen LogP contribution in [0.2, 0.25) is 0 Å². The molecule has 0 bridgehead atoms. The Hall–Kier alpha value is -1.14. The molecule has 0 aliphatic carbocycles. The minimum atomic E-state index is -0.477. The summed E-state index contributed by atoms with van der Waals surface area (Å²) in [4.78, 5) is 24.7. The average Bonchev–Trinajstić information content (AvgIpc) is 2.24. The highest BCUT2D eigenvalue weighted by Crippen LogP contribution is 1.94. The van der Waals surface area contributed by atoms with Crippen molar-refractivity contribution in [3.8, 4) is 0 Å². The van der Waals surface area contributed by atoms with Crippen LogP contribution in [0.15, 0.2) is 0 Å². The Labute approximate surface area is 109 Å². The fraction of sp³-hybridized carbons (Fsp3) is 0.833. The number of rotatable bonds is 8. The van der Waals surface area contributed by atoms with Gasteiger partial charge in [0.2, 0.25) is 5.91 Å². The first-order valence-corrected chi connectivity index (χ1v) is 6.43. The molecule has 0 aromatic heterocycles. The minimum absolute atomic E-state index is 0.00793. The number of unbranched alkanes of at least 4 members (excludes halogenated alkanes) is 1. The van der Waals surface area contributed by atoms with Gasteiger partial charge in [-0.15, -0.1) is 0 Å². The summed E-state index contributed by atoms with van der Waals surface area (Å²) >= 11 is 0. The lowest BCUT2D eigenvalue weighted by Gasteiger charge is -2.20. The summed E-state index contributed by atoms with van der Waals surface area (Å²) in [5.41, 5.74) is 0. The van der Waals surface area contributed by atoms with E-state index in [1.165, 1.54) is 0 Å². The lowest BCUT2D eigenvalue weighted by molar-refractivity contribution is -0.121. The number of aliphatic hydroxyl groups excluding tert-OH is 1. The van der Waals surface area contributed by atoms with Crippen molar-refractivity contribution in [1.29, 1.82) is 0 Å². The van der Waals surface area contributed by atoms with Gasteiger partial charge in [0.15, 0.2) is 0 Å². The van der Waals surface area contributed by atoms with Crippen molar-refractivity contribution >= 4 is 11.9 Å². The van der Waals surface area contributed by atoms with E-state index in [1.807, 2.05) is 18.7 Å². The van der Waals surface area contributed by atoms with Gasteiger partial charge < -0.3 is 10.4 Å². The molecule has 0 aromatic carbocycles. The van der Waals surface area contributed by atoms with Crippen LogP contribution in [0, 0.1) is 0 Å². The van der Waals surface area contributed by atoms with Crippen LogP contribution < -0.4 is 10.6 Å². The SMILES string of the molecule is CCCCN(CCO)CC(=O)NC(=O)NC(C)C. The molecule has 0 atom stereocenters. The van der Waals surface area contributed by atoms with Crippen molar-refractivity contribution in [2.75, 3.05) is 26.2 Å². The van der Waals surface area contributed by atoms with Crippen LogP contribution in [0.4, 0.5) is 4.79 Å². The molecular formula is C12H25N3O3. The van der Waals surface area contributed by atoms with Crippen LogP contribution in [0.25, 0.3) is 0 Å². The normalized spacial score (nSPS) is 10.8. The molecule has 0 unspecified atom stereocenters.